The Morgan fingerprint density at radius 3 is 2.70 bits per heavy atom. The number of nitrogens with zero attached hydrogens (tertiary/aromatic N) is 3. The maximum atomic E-state index is 13.5. The summed E-state index contributed by atoms with van der Waals surface area (Å²) in [7, 11) is 0. The number of likely N-dealkylation sites (tertiary alicyclic amines) is 1. The van der Waals surface area contributed by atoms with Gasteiger partial charge in [0, 0.05) is 24.5 Å². The van der Waals surface area contributed by atoms with Gasteiger partial charge in [0.2, 0.25) is 5.88 Å². The van der Waals surface area contributed by atoms with Crippen molar-refractivity contribution in [3.8, 4) is 5.88 Å². The molecule has 1 aromatic heterocycles. The molecule has 1 saturated heterocycles. The van der Waals surface area contributed by atoms with E-state index in [9.17, 15) is 14.7 Å². The number of carbonyl (C=O) groups excluding carboxylic acids is 1. The average molecular weight is 432 g/mol. The van der Waals surface area contributed by atoms with E-state index in [1.165, 1.54) is 4.57 Å². The van der Waals surface area contributed by atoms with E-state index < -0.39 is 23.4 Å². The van der Waals surface area contributed by atoms with Crippen LogP contribution in [-0.4, -0.2) is 38.6 Å². The topological polar surface area (TPSA) is 75.4 Å². The van der Waals surface area contributed by atoms with Gasteiger partial charge in [0.05, 0.1) is 6.04 Å². The Labute approximate surface area is 182 Å². The summed E-state index contributed by atoms with van der Waals surface area (Å²) in [6.45, 7) is 7.21. The molecule has 1 fully saturated rings. The molecule has 1 unspecified atom stereocenters. The van der Waals surface area contributed by atoms with Gasteiger partial charge in [0.25, 0.3) is 11.5 Å². The van der Waals surface area contributed by atoms with E-state index in [1.807, 2.05) is 25.1 Å². The molecular weight excluding hydrogens is 402 g/mol. The van der Waals surface area contributed by atoms with Gasteiger partial charge in [-0.15, -0.1) is 0 Å². The first kappa shape index (κ1) is 22.3. The van der Waals surface area contributed by atoms with Gasteiger partial charge in [0.1, 0.15) is 5.82 Å². The highest BCUT2D eigenvalue weighted by molar-refractivity contribution is 6.31. The molecule has 0 bridgehead atoms. The van der Waals surface area contributed by atoms with Gasteiger partial charge >= 0.3 is 0 Å². The van der Waals surface area contributed by atoms with Gasteiger partial charge in [-0.1, -0.05) is 56.5 Å². The number of unbranched alkanes of at least 4 members (excludes halogenated alkanes) is 1. The third-order valence-corrected chi connectivity index (χ3v) is 6.37. The molecule has 1 aliphatic heterocycles. The molecule has 0 saturated carbocycles. The fraction of sp³-hybridized carbons (Fsp3) is 0.522. The van der Waals surface area contributed by atoms with Crippen LogP contribution >= 0.6 is 11.6 Å². The Morgan fingerprint density at radius 2 is 2.07 bits per heavy atom. The van der Waals surface area contributed by atoms with Crippen LogP contribution in [0.3, 0.4) is 0 Å². The Kier molecular flexibility index (Phi) is 7.19. The maximum Gasteiger partial charge on any atom is 0.270 e. The number of benzene rings is 1. The quantitative estimate of drug-likeness (QED) is 0.703. The minimum Gasteiger partial charge on any atom is -0.493 e. The van der Waals surface area contributed by atoms with E-state index in [0.717, 1.165) is 31.2 Å². The zero-order valence-corrected chi connectivity index (χ0v) is 18.7. The van der Waals surface area contributed by atoms with Crippen molar-refractivity contribution in [2.45, 2.75) is 58.9 Å². The highest BCUT2D eigenvalue weighted by atomic mass is 35.5. The summed E-state index contributed by atoms with van der Waals surface area (Å²) in [5.41, 5.74) is 0.0222. The Hall–Kier alpha value is -2.34. The van der Waals surface area contributed by atoms with Crippen molar-refractivity contribution in [2.75, 3.05) is 13.1 Å². The number of aromatic nitrogens is 2. The van der Waals surface area contributed by atoms with Crippen molar-refractivity contribution >= 4 is 17.5 Å². The molecule has 1 amide bonds. The van der Waals surface area contributed by atoms with E-state index in [4.69, 9.17) is 11.6 Å². The second-order valence-corrected chi connectivity index (χ2v) is 8.42. The minimum atomic E-state index is -0.508. The number of aromatic hydroxyl groups is 1. The maximum absolute atomic E-state index is 13.5. The van der Waals surface area contributed by atoms with E-state index in [-0.39, 0.29) is 5.56 Å². The molecule has 30 heavy (non-hydrogen) atoms. The second kappa shape index (κ2) is 9.65. The number of halogens is 1. The largest absolute Gasteiger partial charge is 0.493 e. The van der Waals surface area contributed by atoms with Crippen LogP contribution in [0.25, 0.3) is 0 Å². The first-order chi connectivity index (χ1) is 14.4. The zero-order valence-electron chi connectivity index (χ0n) is 17.9. The molecule has 2 aromatic rings. The number of hydrogen-bond acceptors (Lipinski definition) is 4. The summed E-state index contributed by atoms with van der Waals surface area (Å²) in [6, 6.07) is 6.92. The number of rotatable bonds is 7. The molecule has 1 aromatic carbocycles. The first-order valence-corrected chi connectivity index (χ1v) is 11.1. The first-order valence-electron chi connectivity index (χ1n) is 10.8. The molecule has 3 rings (SSSR count). The summed E-state index contributed by atoms with van der Waals surface area (Å²) in [6.07, 6.45) is 4.17. The number of amides is 1. The predicted molar refractivity (Wildman–Crippen MR) is 118 cm³/mol. The Bertz CT molecular complexity index is 973. The van der Waals surface area contributed by atoms with Gasteiger partial charge in [-0.3, -0.25) is 14.2 Å². The average Bonchev–Trinajstić information content (AvgIpc) is 3.21. The molecule has 0 spiro atoms. The van der Waals surface area contributed by atoms with Crippen molar-refractivity contribution in [1.82, 2.24) is 14.5 Å². The van der Waals surface area contributed by atoms with Crippen molar-refractivity contribution in [3.05, 3.63) is 56.6 Å². The molecule has 0 aliphatic carbocycles. The number of carbonyl (C=O) groups is 1. The van der Waals surface area contributed by atoms with Crippen LogP contribution in [0, 0.1) is 5.92 Å². The molecule has 7 heteroatoms. The van der Waals surface area contributed by atoms with Crippen LogP contribution in [0.1, 0.15) is 74.2 Å². The van der Waals surface area contributed by atoms with Crippen molar-refractivity contribution in [3.63, 3.8) is 0 Å². The molecule has 6 nitrogen and oxygen atoms in total. The SMILES string of the molecule is CCCCc1nc(O)c(C(=O)N2CC[C@@H](CC)C2)c(=O)n1C(C)c1ccccc1Cl. The minimum absolute atomic E-state index is 0.245. The fourth-order valence-electron chi connectivity index (χ4n) is 4.12. The summed E-state index contributed by atoms with van der Waals surface area (Å²) >= 11 is 6.39. The monoisotopic (exact) mass is 431 g/mol. The van der Waals surface area contributed by atoms with Gasteiger partial charge in [0.15, 0.2) is 5.56 Å². The lowest BCUT2D eigenvalue weighted by Gasteiger charge is -2.23. The zero-order chi connectivity index (χ0) is 21.8. The third kappa shape index (κ3) is 4.38. The molecular formula is C23H30ClN3O3. The third-order valence-electron chi connectivity index (χ3n) is 6.03. The van der Waals surface area contributed by atoms with Gasteiger partial charge in [-0.2, -0.15) is 4.98 Å². The molecule has 2 atom stereocenters. The number of hydrogen-bond donors (Lipinski definition) is 1. The van der Waals surface area contributed by atoms with E-state index in [2.05, 4.69) is 18.8 Å². The summed E-state index contributed by atoms with van der Waals surface area (Å²) in [5.74, 6) is -0.0184. The predicted octanol–water partition coefficient (Wildman–Crippen LogP) is 4.43. The van der Waals surface area contributed by atoms with E-state index >= 15 is 0 Å². The summed E-state index contributed by atoms with van der Waals surface area (Å²) in [5, 5.41) is 11.1. The fourth-order valence-corrected chi connectivity index (χ4v) is 4.42. The number of aryl methyl sites for hydroxylation is 1. The normalized spacial score (nSPS) is 17.3. The van der Waals surface area contributed by atoms with Crippen LogP contribution in [0.2, 0.25) is 5.02 Å². The highest BCUT2D eigenvalue weighted by Crippen LogP contribution is 2.28. The molecule has 1 aliphatic rings. The lowest BCUT2D eigenvalue weighted by atomic mass is 10.1. The summed E-state index contributed by atoms with van der Waals surface area (Å²) < 4.78 is 1.53. The van der Waals surface area contributed by atoms with Crippen LogP contribution in [-0.2, 0) is 6.42 Å². The van der Waals surface area contributed by atoms with Gasteiger partial charge in [-0.25, -0.2) is 0 Å². The van der Waals surface area contributed by atoms with Crippen molar-refractivity contribution < 1.29 is 9.90 Å². The Morgan fingerprint density at radius 1 is 1.33 bits per heavy atom. The lowest BCUT2D eigenvalue weighted by Crippen LogP contribution is -2.38. The highest BCUT2D eigenvalue weighted by Gasteiger charge is 2.32. The van der Waals surface area contributed by atoms with Crippen LogP contribution in [0.4, 0.5) is 0 Å². The summed E-state index contributed by atoms with van der Waals surface area (Å²) in [4.78, 5) is 32.6. The lowest BCUT2D eigenvalue weighted by molar-refractivity contribution is 0.0780. The standard InChI is InChI=1S/C23H30ClN3O3/c1-4-6-11-19-25-21(28)20(22(29)26-13-12-16(5-2)14-26)23(30)27(19)15(3)17-9-7-8-10-18(17)24/h7-10,15-16,28H,4-6,11-14H2,1-3H3/t15?,16-/m1/s1. The van der Waals surface area contributed by atoms with E-state index in [0.29, 0.717) is 36.3 Å². The van der Waals surface area contributed by atoms with Gasteiger partial charge < -0.3 is 10.0 Å². The smallest absolute Gasteiger partial charge is 0.270 e. The van der Waals surface area contributed by atoms with Crippen LogP contribution in [0.15, 0.2) is 29.1 Å². The molecule has 162 valence electrons. The van der Waals surface area contributed by atoms with Gasteiger partial charge in [-0.05, 0) is 37.3 Å². The molecule has 1 N–H and O–H groups in total. The van der Waals surface area contributed by atoms with Crippen LogP contribution in [0.5, 0.6) is 5.88 Å². The Balaban J connectivity index is 2.10. The van der Waals surface area contributed by atoms with Crippen molar-refractivity contribution in [2.24, 2.45) is 5.92 Å². The van der Waals surface area contributed by atoms with E-state index in [1.54, 1.807) is 11.0 Å². The van der Waals surface area contributed by atoms with Crippen molar-refractivity contribution in [1.29, 1.82) is 0 Å². The molecule has 0 radical (unpaired) electrons. The second-order valence-electron chi connectivity index (χ2n) is 8.02. The van der Waals surface area contributed by atoms with Crippen LogP contribution < -0.4 is 5.56 Å². The molecule has 2 heterocycles.